The van der Waals surface area contributed by atoms with Crippen LogP contribution < -0.4 is 11.1 Å². The summed E-state index contributed by atoms with van der Waals surface area (Å²) in [6, 6.07) is 0.360. The van der Waals surface area contributed by atoms with Crippen LogP contribution >= 0.6 is 11.8 Å². The van der Waals surface area contributed by atoms with Gasteiger partial charge in [0.05, 0.1) is 6.20 Å². The summed E-state index contributed by atoms with van der Waals surface area (Å²) in [5, 5.41) is 3.38. The molecule has 0 bridgehead atoms. The number of nitrogen functional groups attached to an aromatic ring is 1. The van der Waals surface area contributed by atoms with Crippen LogP contribution in [-0.2, 0) is 0 Å². The number of rotatable bonds is 6. The van der Waals surface area contributed by atoms with Gasteiger partial charge in [0.15, 0.2) is 11.5 Å². The predicted molar refractivity (Wildman–Crippen MR) is 78.1 cm³/mol. The highest BCUT2D eigenvalue weighted by Gasteiger charge is 2.09. The number of nitrogens with zero attached hydrogens (tertiary/aromatic N) is 3. The fourth-order valence-corrected chi connectivity index (χ4v) is 2.57. The van der Waals surface area contributed by atoms with E-state index < -0.39 is 0 Å². The Bertz CT molecular complexity index is 510. The lowest BCUT2D eigenvalue weighted by Crippen LogP contribution is -2.18. The predicted octanol–water partition coefficient (Wildman–Crippen LogP) is 2.26. The van der Waals surface area contributed by atoms with Crippen molar-refractivity contribution < 1.29 is 0 Å². The summed E-state index contributed by atoms with van der Waals surface area (Å²) in [5.74, 6) is 3.57. The van der Waals surface area contributed by atoms with Crippen molar-refractivity contribution in [3.8, 4) is 0 Å². The van der Waals surface area contributed by atoms with E-state index in [-0.39, 0.29) is 0 Å². The first-order valence-corrected chi connectivity index (χ1v) is 7.29. The largest absolute Gasteiger partial charge is 0.382 e. The van der Waals surface area contributed by atoms with E-state index in [1.807, 2.05) is 22.4 Å². The van der Waals surface area contributed by atoms with Crippen molar-refractivity contribution in [3.05, 3.63) is 18.6 Å². The van der Waals surface area contributed by atoms with E-state index in [0.717, 1.165) is 29.4 Å². The summed E-state index contributed by atoms with van der Waals surface area (Å²) in [4.78, 5) is 8.60. The second-order valence-corrected chi connectivity index (χ2v) is 5.60. The molecule has 3 N–H and O–H groups in total. The van der Waals surface area contributed by atoms with E-state index in [1.54, 1.807) is 12.4 Å². The summed E-state index contributed by atoms with van der Waals surface area (Å²) < 4.78 is 1.89. The second kappa shape index (κ2) is 5.95. The number of hydrogen-bond donors (Lipinski definition) is 2. The lowest BCUT2D eigenvalue weighted by Gasteiger charge is -2.15. The molecule has 0 aliphatic heterocycles. The molecule has 98 valence electrons. The van der Waals surface area contributed by atoms with Gasteiger partial charge < -0.3 is 15.5 Å². The first kappa shape index (κ1) is 13.0. The Labute approximate surface area is 111 Å². The van der Waals surface area contributed by atoms with Crippen molar-refractivity contribution in [1.29, 1.82) is 0 Å². The first-order valence-electron chi connectivity index (χ1n) is 6.14. The zero-order valence-electron chi connectivity index (χ0n) is 10.8. The van der Waals surface area contributed by atoms with Gasteiger partial charge in [0.25, 0.3) is 0 Å². The zero-order chi connectivity index (χ0) is 13.0. The molecule has 0 fully saturated rings. The summed E-state index contributed by atoms with van der Waals surface area (Å²) >= 11 is 1.95. The minimum absolute atomic E-state index is 0.360. The number of nitrogens with one attached hydrogen (secondary N) is 1. The summed E-state index contributed by atoms with van der Waals surface area (Å²) in [6.45, 7) is 4.33. The molecule has 0 radical (unpaired) electrons. The standard InChI is InChI=1S/C12H19N5S/c1-3-18-7-4-9(2)15-11-12-14-5-6-17(12)8-10(13)16-11/h5-6,8-9H,3-4,7,13H2,1-2H3,(H,15,16). The van der Waals surface area contributed by atoms with Crippen LogP contribution in [0.25, 0.3) is 5.65 Å². The van der Waals surface area contributed by atoms with Gasteiger partial charge in [-0.05, 0) is 24.9 Å². The van der Waals surface area contributed by atoms with E-state index in [0.29, 0.717) is 11.9 Å². The van der Waals surface area contributed by atoms with E-state index in [1.165, 1.54) is 0 Å². The lowest BCUT2D eigenvalue weighted by atomic mass is 10.2. The summed E-state index contributed by atoms with van der Waals surface area (Å²) in [7, 11) is 0. The molecular weight excluding hydrogens is 246 g/mol. The molecular formula is C12H19N5S. The Hall–Kier alpha value is -1.43. The Morgan fingerprint density at radius 1 is 1.56 bits per heavy atom. The fraction of sp³-hybridized carbons (Fsp3) is 0.500. The Kier molecular flexibility index (Phi) is 4.30. The van der Waals surface area contributed by atoms with Gasteiger partial charge in [-0.3, -0.25) is 0 Å². The van der Waals surface area contributed by atoms with Gasteiger partial charge in [0.1, 0.15) is 5.82 Å². The quantitative estimate of drug-likeness (QED) is 0.784. The van der Waals surface area contributed by atoms with Crippen LogP contribution in [0.4, 0.5) is 11.6 Å². The van der Waals surface area contributed by atoms with Gasteiger partial charge in [-0.1, -0.05) is 6.92 Å². The minimum atomic E-state index is 0.360. The van der Waals surface area contributed by atoms with Crippen LogP contribution in [0.1, 0.15) is 20.3 Å². The van der Waals surface area contributed by atoms with Crippen LogP contribution in [0.2, 0.25) is 0 Å². The Morgan fingerprint density at radius 2 is 2.39 bits per heavy atom. The van der Waals surface area contributed by atoms with Crippen LogP contribution in [0.3, 0.4) is 0 Å². The van der Waals surface area contributed by atoms with E-state index >= 15 is 0 Å². The maximum Gasteiger partial charge on any atom is 0.180 e. The van der Waals surface area contributed by atoms with E-state index in [2.05, 4.69) is 29.1 Å². The van der Waals surface area contributed by atoms with Crippen LogP contribution in [0.5, 0.6) is 0 Å². The molecule has 0 aromatic carbocycles. The number of fused-ring (bicyclic) bond motifs is 1. The third-order valence-electron chi connectivity index (χ3n) is 2.68. The molecule has 0 aliphatic rings. The Morgan fingerprint density at radius 3 is 3.17 bits per heavy atom. The number of thioether (sulfide) groups is 1. The van der Waals surface area contributed by atoms with Crippen molar-refractivity contribution in [2.45, 2.75) is 26.3 Å². The Balaban J connectivity index is 2.08. The number of imidazole rings is 1. The zero-order valence-corrected chi connectivity index (χ0v) is 11.6. The normalized spacial score (nSPS) is 12.8. The fourth-order valence-electron chi connectivity index (χ4n) is 1.76. The minimum Gasteiger partial charge on any atom is -0.382 e. The van der Waals surface area contributed by atoms with Crippen molar-refractivity contribution in [1.82, 2.24) is 14.4 Å². The van der Waals surface area contributed by atoms with Crippen LogP contribution in [-0.4, -0.2) is 31.9 Å². The van der Waals surface area contributed by atoms with Gasteiger partial charge in [-0.15, -0.1) is 0 Å². The third-order valence-corrected chi connectivity index (χ3v) is 3.61. The van der Waals surface area contributed by atoms with Crippen molar-refractivity contribution in [2.75, 3.05) is 22.6 Å². The number of aromatic nitrogens is 3. The summed E-state index contributed by atoms with van der Waals surface area (Å²) in [6.07, 6.45) is 6.49. The molecule has 6 heteroatoms. The molecule has 2 heterocycles. The third kappa shape index (κ3) is 3.07. The molecule has 2 aromatic rings. The molecule has 5 nitrogen and oxygen atoms in total. The first-order chi connectivity index (χ1) is 8.70. The van der Waals surface area contributed by atoms with Crippen molar-refractivity contribution in [2.24, 2.45) is 0 Å². The van der Waals surface area contributed by atoms with Crippen LogP contribution in [0, 0.1) is 0 Å². The van der Waals surface area contributed by atoms with Crippen molar-refractivity contribution in [3.63, 3.8) is 0 Å². The number of nitrogens with two attached hydrogens (primary N) is 1. The maximum absolute atomic E-state index is 5.78. The molecule has 1 unspecified atom stereocenters. The van der Waals surface area contributed by atoms with Crippen molar-refractivity contribution >= 4 is 29.0 Å². The molecule has 0 saturated heterocycles. The van der Waals surface area contributed by atoms with Crippen LogP contribution in [0.15, 0.2) is 18.6 Å². The van der Waals surface area contributed by atoms with Gasteiger partial charge >= 0.3 is 0 Å². The number of hydrogen-bond acceptors (Lipinski definition) is 5. The number of anilines is 2. The molecule has 2 aromatic heterocycles. The molecule has 0 amide bonds. The summed E-state index contributed by atoms with van der Waals surface area (Å²) in [5.41, 5.74) is 6.60. The van der Waals surface area contributed by atoms with Gasteiger partial charge in [-0.25, -0.2) is 9.97 Å². The highest BCUT2D eigenvalue weighted by Crippen LogP contribution is 2.16. The van der Waals surface area contributed by atoms with Gasteiger partial charge in [-0.2, -0.15) is 11.8 Å². The molecule has 0 spiro atoms. The van der Waals surface area contributed by atoms with E-state index in [4.69, 9.17) is 5.73 Å². The molecule has 2 rings (SSSR count). The topological polar surface area (TPSA) is 68.2 Å². The second-order valence-electron chi connectivity index (χ2n) is 4.20. The van der Waals surface area contributed by atoms with Gasteiger partial charge in [0.2, 0.25) is 0 Å². The molecule has 1 atom stereocenters. The van der Waals surface area contributed by atoms with E-state index in [9.17, 15) is 0 Å². The highest BCUT2D eigenvalue weighted by atomic mass is 32.2. The van der Waals surface area contributed by atoms with Gasteiger partial charge in [0, 0.05) is 18.4 Å². The molecule has 0 saturated carbocycles. The molecule has 18 heavy (non-hydrogen) atoms. The lowest BCUT2D eigenvalue weighted by molar-refractivity contribution is 0.766. The monoisotopic (exact) mass is 265 g/mol. The average Bonchev–Trinajstić information content (AvgIpc) is 2.77. The SMILES string of the molecule is CCSCCC(C)Nc1nc(N)cn2ccnc12. The average molecular weight is 265 g/mol. The smallest absolute Gasteiger partial charge is 0.180 e. The maximum atomic E-state index is 5.78. The molecule has 0 aliphatic carbocycles. The highest BCUT2D eigenvalue weighted by molar-refractivity contribution is 7.99.